The van der Waals surface area contributed by atoms with Gasteiger partial charge in [-0.05, 0) is 30.7 Å². The normalized spacial score (nSPS) is 10.2. The topological polar surface area (TPSA) is 54.2 Å². The Balaban J connectivity index is 1.71. The van der Waals surface area contributed by atoms with Crippen molar-refractivity contribution in [3.63, 3.8) is 0 Å². The van der Waals surface area contributed by atoms with Crippen LogP contribution in [0.15, 0.2) is 48.7 Å². The number of nitrogens with one attached hydrogen (secondary N) is 1. The van der Waals surface area contributed by atoms with Gasteiger partial charge in [-0.25, -0.2) is 4.98 Å². The van der Waals surface area contributed by atoms with Crippen LogP contribution >= 0.6 is 0 Å². The average molecular weight is 256 g/mol. The second kappa shape index (κ2) is 6.64. The lowest BCUT2D eigenvalue weighted by Gasteiger charge is -2.19. The van der Waals surface area contributed by atoms with Crippen molar-refractivity contribution >= 4 is 17.2 Å². The minimum absolute atomic E-state index is 0.689. The van der Waals surface area contributed by atoms with Crippen LogP contribution in [0.25, 0.3) is 0 Å². The van der Waals surface area contributed by atoms with E-state index in [1.165, 1.54) is 5.69 Å². The third-order valence-electron chi connectivity index (χ3n) is 2.96. The largest absolute Gasteiger partial charge is 0.397 e. The average Bonchev–Trinajstić information content (AvgIpc) is 2.46. The number of nitrogens with zero attached hydrogens (tertiary/aromatic N) is 2. The van der Waals surface area contributed by atoms with Crippen LogP contribution in [0.3, 0.4) is 0 Å². The van der Waals surface area contributed by atoms with E-state index in [0.29, 0.717) is 5.69 Å². The van der Waals surface area contributed by atoms with Crippen LogP contribution in [0.1, 0.15) is 6.42 Å². The van der Waals surface area contributed by atoms with Crippen molar-refractivity contribution in [2.45, 2.75) is 6.42 Å². The summed E-state index contributed by atoms with van der Waals surface area (Å²) in [5.74, 6) is 0.872. The summed E-state index contributed by atoms with van der Waals surface area (Å²) >= 11 is 0. The number of anilines is 3. The molecule has 0 amide bonds. The molecular weight excluding hydrogens is 236 g/mol. The maximum atomic E-state index is 5.59. The van der Waals surface area contributed by atoms with E-state index in [1.807, 2.05) is 18.2 Å². The summed E-state index contributed by atoms with van der Waals surface area (Å²) in [5.41, 5.74) is 7.52. The van der Waals surface area contributed by atoms with Crippen LogP contribution in [-0.2, 0) is 0 Å². The summed E-state index contributed by atoms with van der Waals surface area (Å²) in [6.07, 6.45) is 2.72. The van der Waals surface area contributed by atoms with Crippen molar-refractivity contribution in [2.75, 3.05) is 36.1 Å². The first-order chi connectivity index (χ1) is 9.25. The molecule has 19 heavy (non-hydrogen) atoms. The first-order valence-electron chi connectivity index (χ1n) is 6.47. The van der Waals surface area contributed by atoms with Crippen molar-refractivity contribution in [2.24, 2.45) is 0 Å². The molecule has 1 heterocycles. The van der Waals surface area contributed by atoms with Gasteiger partial charge in [-0.1, -0.05) is 18.2 Å². The maximum Gasteiger partial charge on any atom is 0.126 e. The standard InChI is InChI=1S/C15H20N4/c1-19(14-6-3-2-4-7-14)11-5-10-17-15-9-8-13(16)12-18-15/h2-4,6-9,12H,5,10-11,16H2,1H3,(H,17,18). The van der Waals surface area contributed by atoms with Gasteiger partial charge < -0.3 is 16.0 Å². The molecule has 0 aliphatic carbocycles. The molecular formula is C15H20N4. The zero-order chi connectivity index (χ0) is 13.5. The second-order valence-electron chi connectivity index (χ2n) is 4.51. The molecule has 0 saturated carbocycles. The Morgan fingerprint density at radius 1 is 1.16 bits per heavy atom. The molecule has 0 bridgehead atoms. The summed E-state index contributed by atoms with van der Waals surface area (Å²) in [6.45, 7) is 1.90. The molecule has 0 atom stereocenters. The predicted octanol–water partition coefficient (Wildman–Crippen LogP) is 2.60. The van der Waals surface area contributed by atoms with Gasteiger partial charge in [-0.3, -0.25) is 0 Å². The highest BCUT2D eigenvalue weighted by Gasteiger charge is 1.99. The monoisotopic (exact) mass is 256 g/mol. The van der Waals surface area contributed by atoms with E-state index < -0.39 is 0 Å². The summed E-state index contributed by atoms with van der Waals surface area (Å²) in [4.78, 5) is 6.45. The van der Waals surface area contributed by atoms with Crippen LogP contribution in [0.4, 0.5) is 17.2 Å². The molecule has 0 aliphatic heterocycles. The smallest absolute Gasteiger partial charge is 0.126 e. The summed E-state index contributed by atoms with van der Waals surface area (Å²) in [7, 11) is 2.11. The summed E-state index contributed by atoms with van der Waals surface area (Å²) in [6, 6.07) is 14.1. The predicted molar refractivity (Wildman–Crippen MR) is 81.5 cm³/mol. The van der Waals surface area contributed by atoms with Gasteiger partial charge in [0.05, 0.1) is 11.9 Å². The molecule has 1 aromatic carbocycles. The van der Waals surface area contributed by atoms with E-state index in [2.05, 4.69) is 46.5 Å². The van der Waals surface area contributed by atoms with Gasteiger partial charge in [0.25, 0.3) is 0 Å². The van der Waals surface area contributed by atoms with Crippen molar-refractivity contribution in [1.29, 1.82) is 0 Å². The molecule has 3 N–H and O–H groups in total. The summed E-state index contributed by atoms with van der Waals surface area (Å²) < 4.78 is 0. The van der Waals surface area contributed by atoms with Gasteiger partial charge in [-0.15, -0.1) is 0 Å². The molecule has 1 aromatic heterocycles. The Bertz CT molecular complexity index is 481. The maximum absolute atomic E-state index is 5.59. The lowest BCUT2D eigenvalue weighted by atomic mass is 10.3. The van der Waals surface area contributed by atoms with E-state index >= 15 is 0 Å². The highest BCUT2D eigenvalue weighted by atomic mass is 15.1. The van der Waals surface area contributed by atoms with E-state index in [4.69, 9.17) is 5.73 Å². The van der Waals surface area contributed by atoms with Gasteiger partial charge in [0.15, 0.2) is 0 Å². The lowest BCUT2D eigenvalue weighted by Crippen LogP contribution is -2.20. The second-order valence-corrected chi connectivity index (χ2v) is 4.51. The van der Waals surface area contributed by atoms with E-state index in [1.54, 1.807) is 6.20 Å². The number of pyridine rings is 1. The third-order valence-corrected chi connectivity index (χ3v) is 2.96. The molecule has 2 aromatic rings. The van der Waals surface area contributed by atoms with E-state index in [0.717, 1.165) is 25.3 Å². The van der Waals surface area contributed by atoms with Crippen molar-refractivity contribution in [1.82, 2.24) is 4.98 Å². The van der Waals surface area contributed by atoms with Crippen molar-refractivity contribution in [3.8, 4) is 0 Å². The van der Waals surface area contributed by atoms with Gasteiger partial charge in [0.1, 0.15) is 5.82 Å². The van der Waals surface area contributed by atoms with E-state index in [9.17, 15) is 0 Å². The Kier molecular flexibility index (Phi) is 4.61. The fourth-order valence-corrected chi connectivity index (χ4v) is 1.85. The van der Waals surface area contributed by atoms with Crippen LogP contribution in [0.2, 0.25) is 0 Å². The fourth-order valence-electron chi connectivity index (χ4n) is 1.85. The number of para-hydroxylation sites is 1. The van der Waals surface area contributed by atoms with Crippen molar-refractivity contribution in [3.05, 3.63) is 48.7 Å². The minimum Gasteiger partial charge on any atom is -0.397 e. The Labute approximate surface area is 114 Å². The Hall–Kier alpha value is -2.23. The zero-order valence-electron chi connectivity index (χ0n) is 11.2. The Morgan fingerprint density at radius 3 is 2.63 bits per heavy atom. The number of benzene rings is 1. The van der Waals surface area contributed by atoms with Crippen molar-refractivity contribution < 1.29 is 0 Å². The molecule has 0 unspecified atom stereocenters. The SMILES string of the molecule is CN(CCCNc1ccc(N)cn1)c1ccccc1. The fraction of sp³-hybridized carbons (Fsp3) is 0.267. The minimum atomic E-state index is 0.689. The number of hydrogen-bond acceptors (Lipinski definition) is 4. The number of hydrogen-bond donors (Lipinski definition) is 2. The quantitative estimate of drug-likeness (QED) is 0.780. The molecule has 2 rings (SSSR count). The molecule has 0 aliphatic rings. The Morgan fingerprint density at radius 2 is 1.95 bits per heavy atom. The van der Waals surface area contributed by atoms with Crippen LogP contribution in [-0.4, -0.2) is 25.1 Å². The first-order valence-corrected chi connectivity index (χ1v) is 6.47. The summed E-state index contributed by atoms with van der Waals surface area (Å²) in [5, 5.41) is 3.29. The molecule has 0 fully saturated rings. The molecule has 4 heteroatoms. The number of nitrogen functional groups attached to an aromatic ring is 1. The molecule has 100 valence electrons. The number of rotatable bonds is 6. The molecule has 0 saturated heterocycles. The van der Waals surface area contributed by atoms with Gasteiger partial charge in [0, 0.05) is 25.8 Å². The third kappa shape index (κ3) is 4.17. The molecule has 0 spiro atoms. The highest BCUT2D eigenvalue weighted by molar-refractivity contribution is 5.45. The zero-order valence-corrected chi connectivity index (χ0v) is 11.2. The van der Waals surface area contributed by atoms with Crippen LogP contribution < -0.4 is 16.0 Å². The van der Waals surface area contributed by atoms with Gasteiger partial charge >= 0.3 is 0 Å². The van der Waals surface area contributed by atoms with E-state index in [-0.39, 0.29) is 0 Å². The van der Waals surface area contributed by atoms with Crippen LogP contribution in [0.5, 0.6) is 0 Å². The van der Waals surface area contributed by atoms with Gasteiger partial charge in [-0.2, -0.15) is 0 Å². The number of aromatic nitrogens is 1. The molecule has 0 radical (unpaired) electrons. The highest BCUT2D eigenvalue weighted by Crippen LogP contribution is 2.11. The van der Waals surface area contributed by atoms with Gasteiger partial charge in [0.2, 0.25) is 0 Å². The molecule has 4 nitrogen and oxygen atoms in total. The lowest BCUT2D eigenvalue weighted by molar-refractivity contribution is 0.814. The van der Waals surface area contributed by atoms with Crippen LogP contribution in [0, 0.1) is 0 Å². The first kappa shape index (κ1) is 13.2. The number of nitrogens with two attached hydrogens (primary N) is 1.